The first-order valence-electron chi connectivity index (χ1n) is 4.55. The molecule has 0 saturated heterocycles. The molecule has 0 rings (SSSR count). The van der Waals surface area contributed by atoms with Crippen molar-refractivity contribution in [1.82, 2.24) is 5.43 Å². The van der Waals surface area contributed by atoms with Crippen molar-refractivity contribution in [3.63, 3.8) is 0 Å². The number of nitrogens with two attached hydrogens (primary N) is 2. The molecule has 14 heavy (non-hydrogen) atoms. The number of amidine groups is 1. The third-order valence-electron chi connectivity index (χ3n) is 2.24. The number of hydrogen-bond acceptors (Lipinski definition) is 4. The van der Waals surface area contributed by atoms with Gasteiger partial charge in [-0.3, -0.25) is 4.79 Å². The first-order chi connectivity index (χ1) is 6.58. The van der Waals surface area contributed by atoms with Crippen LogP contribution in [-0.2, 0) is 4.79 Å². The molecule has 0 aliphatic heterocycles. The molecule has 0 fully saturated rings. The Morgan fingerprint density at radius 3 is 2.50 bits per heavy atom. The van der Waals surface area contributed by atoms with Gasteiger partial charge >= 0.3 is 5.97 Å². The highest BCUT2D eigenvalue weighted by atomic mass is 16.4. The largest absolute Gasteiger partial charge is 0.481 e. The fourth-order valence-electron chi connectivity index (χ4n) is 1.38. The highest BCUT2D eigenvalue weighted by Gasteiger charge is 2.27. The normalized spacial score (nSPS) is 16.1. The van der Waals surface area contributed by atoms with Crippen LogP contribution in [0.5, 0.6) is 0 Å². The van der Waals surface area contributed by atoms with Crippen molar-refractivity contribution in [2.24, 2.45) is 28.6 Å². The first-order valence-corrected chi connectivity index (χ1v) is 4.55. The molecule has 6 nitrogen and oxygen atoms in total. The quantitative estimate of drug-likeness (QED) is 0.214. The summed E-state index contributed by atoms with van der Waals surface area (Å²) >= 11 is 0. The molecule has 2 unspecified atom stereocenters. The molecule has 0 aliphatic carbocycles. The van der Waals surface area contributed by atoms with Gasteiger partial charge in [0.1, 0.15) is 5.84 Å². The van der Waals surface area contributed by atoms with Crippen LogP contribution in [0.3, 0.4) is 0 Å². The zero-order valence-corrected chi connectivity index (χ0v) is 8.53. The Hall–Kier alpha value is -1.30. The molecule has 0 aliphatic rings. The lowest BCUT2D eigenvalue weighted by molar-refractivity contribution is -0.142. The van der Waals surface area contributed by atoms with Gasteiger partial charge in [0, 0.05) is 5.92 Å². The van der Waals surface area contributed by atoms with E-state index in [-0.39, 0.29) is 5.92 Å². The van der Waals surface area contributed by atoms with Gasteiger partial charge in [0.15, 0.2) is 0 Å². The third kappa shape index (κ3) is 3.21. The first kappa shape index (κ1) is 12.7. The second kappa shape index (κ2) is 6.20. The van der Waals surface area contributed by atoms with Crippen molar-refractivity contribution in [3.05, 3.63) is 0 Å². The molecule has 0 radical (unpaired) electrons. The predicted molar refractivity (Wildman–Crippen MR) is 54.1 cm³/mol. The summed E-state index contributed by atoms with van der Waals surface area (Å²) < 4.78 is 0. The van der Waals surface area contributed by atoms with Crippen molar-refractivity contribution in [3.8, 4) is 0 Å². The van der Waals surface area contributed by atoms with Crippen LogP contribution in [0, 0.1) is 11.8 Å². The number of carboxylic acid groups (broad SMARTS) is 1. The lowest BCUT2D eigenvalue weighted by Crippen LogP contribution is -2.40. The van der Waals surface area contributed by atoms with E-state index in [1.165, 1.54) is 0 Å². The molecule has 6 N–H and O–H groups in total. The SMILES string of the molecule is CCCC(C(=O)O)C(C)/C(=N/N)NN. The minimum atomic E-state index is -0.851. The second-order valence-electron chi connectivity index (χ2n) is 3.18. The Kier molecular flexibility index (Phi) is 5.62. The molecule has 82 valence electrons. The number of carbonyl (C=O) groups is 1. The van der Waals surface area contributed by atoms with E-state index < -0.39 is 11.9 Å². The van der Waals surface area contributed by atoms with Gasteiger partial charge in [-0.2, -0.15) is 5.10 Å². The van der Waals surface area contributed by atoms with Crippen LogP contribution in [0.25, 0.3) is 0 Å². The van der Waals surface area contributed by atoms with E-state index in [1.54, 1.807) is 6.92 Å². The summed E-state index contributed by atoms with van der Waals surface area (Å²) in [6.45, 7) is 3.66. The average molecular weight is 202 g/mol. The van der Waals surface area contributed by atoms with Crippen LogP contribution in [0.2, 0.25) is 0 Å². The maximum Gasteiger partial charge on any atom is 0.307 e. The molecule has 0 heterocycles. The fraction of sp³-hybridized carbons (Fsp3) is 0.750. The van der Waals surface area contributed by atoms with Gasteiger partial charge in [0.05, 0.1) is 5.92 Å². The summed E-state index contributed by atoms with van der Waals surface area (Å²) in [6.07, 6.45) is 1.38. The van der Waals surface area contributed by atoms with Crippen molar-refractivity contribution in [2.75, 3.05) is 0 Å². The fourth-order valence-corrected chi connectivity index (χ4v) is 1.38. The van der Waals surface area contributed by atoms with E-state index in [2.05, 4.69) is 10.5 Å². The van der Waals surface area contributed by atoms with Gasteiger partial charge in [-0.15, -0.1) is 0 Å². The summed E-state index contributed by atoms with van der Waals surface area (Å²) in [5.74, 6) is 8.89. The minimum Gasteiger partial charge on any atom is -0.481 e. The summed E-state index contributed by atoms with van der Waals surface area (Å²) in [6, 6.07) is 0. The number of nitrogens with zero attached hydrogens (tertiary/aromatic N) is 1. The summed E-state index contributed by atoms with van der Waals surface area (Å²) in [4.78, 5) is 10.9. The molecule has 0 spiro atoms. The lowest BCUT2D eigenvalue weighted by Gasteiger charge is -2.20. The maximum absolute atomic E-state index is 10.9. The maximum atomic E-state index is 10.9. The van der Waals surface area contributed by atoms with Crippen LogP contribution in [-0.4, -0.2) is 16.9 Å². The summed E-state index contributed by atoms with van der Waals surface area (Å²) in [5.41, 5.74) is 2.31. The molecular weight excluding hydrogens is 184 g/mol. The van der Waals surface area contributed by atoms with E-state index in [0.717, 1.165) is 6.42 Å². The predicted octanol–water partition coefficient (Wildman–Crippen LogP) is -0.141. The van der Waals surface area contributed by atoms with Crippen molar-refractivity contribution >= 4 is 11.8 Å². The van der Waals surface area contributed by atoms with Gasteiger partial charge < -0.3 is 16.4 Å². The minimum absolute atomic E-state index is 0.303. The zero-order chi connectivity index (χ0) is 11.1. The number of nitrogens with one attached hydrogen (secondary N) is 1. The monoisotopic (exact) mass is 202 g/mol. The van der Waals surface area contributed by atoms with Crippen LogP contribution in [0.15, 0.2) is 5.10 Å². The van der Waals surface area contributed by atoms with Crippen LogP contribution in [0.4, 0.5) is 0 Å². The standard InChI is InChI=1S/C8H18N4O2/c1-3-4-6(8(13)14)5(2)7(11-9)12-10/h5-6H,3-4,9-10H2,1-2H3,(H,11,12)(H,13,14). The molecule has 6 heteroatoms. The summed E-state index contributed by atoms with van der Waals surface area (Å²) in [5, 5.41) is 12.4. The molecule has 0 aromatic rings. The number of hydrazine groups is 1. The molecular formula is C8H18N4O2. The number of carboxylic acids is 1. The van der Waals surface area contributed by atoms with E-state index in [0.29, 0.717) is 12.3 Å². The summed E-state index contributed by atoms with van der Waals surface area (Å²) in [7, 11) is 0. The third-order valence-corrected chi connectivity index (χ3v) is 2.24. The smallest absolute Gasteiger partial charge is 0.307 e. The van der Waals surface area contributed by atoms with Gasteiger partial charge in [0.25, 0.3) is 0 Å². The Morgan fingerprint density at radius 1 is 1.64 bits per heavy atom. The highest BCUT2D eigenvalue weighted by Crippen LogP contribution is 2.18. The number of hydrogen-bond donors (Lipinski definition) is 4. The van der Waals surface area contributed by atoms with E-state index in [1.807, 2.05) is 6.92 Å². The van der Waals surface area contributed by atoms with Gasteiger partial charge in [0.2, 0.25) is 0 Å². The van der Waals surface area contributed by atoms with Gasteiger partial charge in [-0.05, 0) is 6.42 Å². The van der Waals surface area contributed by atoms with Crippen LogP contribution < -0.4 is 17.1 Å². The van der Waals surface area contributed by atoms with Gasteiger partial charge in [-0.1, -0.05) is 20.3 Å². The number of aliphatic carboxylic acids is 1. The molecule has 0 aromatic heterocycles. The van der Waals surface area contributed by atoms with E-state index in [9.17, 15) is 4.79 Å². The molecule has 0 aromatic carbocycles. The Bertz CT molecular complexity index is 217. The lowest BCUT2D eigenvalue weighted by atomic mass is 9.89. The number of rotatable bonds is 5. The molecule has 2 atom stereocenters. The number of hydrazone groups is 1. The Balaban J connectivity index is 4.57. The van der Waals surface area contributed by atoms with Crippen LogP contribution in [0.1, 0.15) is 26.7 Å². The molecule has 0 bridgehead atoms. The molecule has 0 amide bonds. The van der Waals surface area contributed by atoms with Crippen molar-refractivity contribution in [1.29, 1.82) is 0 Å². The average Bonchev–Trinajstić information content (AvgIpc) is 2.15. The zero-order valence-electron chi connectivity index (χ0n) is 8.53. The van der Waals surface area contributed by atoms with Crippen molar-refractivity contribution in [2.45, 2.75) is 26.7 Å². The van der Waals surface area contributed by atoms with E-state index in [4.69, 9.17) is 16.8 Å². The van der Waals surface area contributed by atoms with Gasteiger partial charge in [-0.25, -0.2) is 5.84 Å². The van der Waals surface area contributed by atoms with E-state index >= 15 is 0 Å². The van der Waals surface area contributed by atoms with Crippen LogP contribution >= 0.6 is 0 Å². The second-order valence-corrected chi connectivity index (χ2v) is 3.18. The Labute approximate surface area is 83.3 Å². The Morgan fingerprint density at radius 2 is 2.21 bits per heavy atom. The molecule has 0 saturated carbocycles. The topological polar surface area (TPSA) is 114 Å². The van der Waals surface area contributed by atoms with Crippen molar-refractivity contribution < 1.29 is 9.90 Å². The highest BCUT2D eigenvalue weighted by molar-refractivity contribution is 5.87.